The summed E-state index contributed by atoms with van der Waals surface area (Å²) in [5.74, 6) is -0.366. The summed E-state index contributed by atoms with van der Waals surface area (Å²) in [6.07, 6.45) is 1.49. The molecule has 0 aliphatic carbocycles. The molecule has 2 amide bonds. The smallest absolute Gasteiger partial charge is 0.268 e. The van der Waals surface area contributed by atoms with Crippen molar-refractivity contribution in [2.75, 3.05) is 6.61 Å². The third kappa shape index (κ3) is 2.46. The van der Waals surface area contributed by atoms with Crippen molar-refractivity contribution in [2.24, 2.45) is 5.10 Å². The minimum Gasteiger partial charge on any atom is -0.376 e. The van der Waals surface area contributed by atoms with E-state index in [9.17, 15) is 9.59 Å². The van der Waals surface area contributed by atoms with E-state index < -0.39 is 0 Å². The Morgan fingerprint density at radius 1 is 1.59 bits per heavy atom. The van der Waals surface area contributed by atoms with E-state index >= 15 is 0 Å². The number of carbonyl (C=O) groups excluding carboxylic acids is 2. The van der Waals surface area contributed by atoms with Crippen LogP contribution >= 0.6 is 0 Å². The highest BCUT2D eigenvalue weighted by Crippen LogP contribution is 2.25. The zero-order valence-electron chi connectivity index (χ0n) is 10.1. The second-order valence-corrected chi connectivity index (χ2v) is 4.73. The summed E-state index contributed by atoms with van der Waals surface area (Å²) in [5.41, 5.74) is 2.35. The normalized spacial score (nSPS) is 32.9. The van der Waals surface area contributed by atoms with Gasteiger partial charge in [0.1, 0.15) is 5.71 Å². The van der Waals surface area contributed by atoms with Crippen molar-refractivity contribution in [3.05, 3.63) is 0 Å². The van der Waals surface area contributed by atoms with Crippen molar-refractivity contribution in [3.8, 4) is 0 Å². The minimum atomic E-state index is -0.346. The van der Waals surface area contributed by atoms with Crippen LogP contribution in [0.4, 0.5) is 0 Å². The van der Waals surface area contributed by atoms with Crippen molar-refractivity contribution in [1.29, 1.82) is 0 Å². The van der Waals surface area contributed by atoms with E-state index in [1.807, 2.05) is 13.8 Å². The lowest BCUT2D eigenvalue weighted by Crippen LogP contribution is -2.53. The summed E-state index contributed by atoms with van der Waals surface area (Å²) < 4.78 is 5.45. The maximum atomic E-state index is 12.0. The first kappa shape index (κ1) is 12.0. The highest BCUT2D eigenvalue weighted by molar-refractivity contribution is 6.39. The number of hydrogen-bond acceptors (Lipinski definition) is 4. The van der Waals surface area contributed by atoms with Crippen molar-refractivity contribution >= 4 is 17.5 Å². The number of carbonyl (C=O) groups is 2. The SMILES string of the molecule is CC1OCCC1(C)NC(=O)C1=NNC(=O)CC1. The Hall–Kier alpha value is -1.43. The molecule has 17 heavy (non-hydrogen) atoms. The number of amides is 2. The maximum absolute atomic E-state index is 12.0. The molecule has 94 valence electrons. The minimum absolute atomic E-state index is 0.00904. The van der Waals surface area contributed by atoms with Crippen LogP contribution in [-0.4, -0.2) is 35.8 Å². The molecular formula is C11H17N3O3. The number of ether oxygens (including phenoxy) is 1. The largest absolute Gasteiger partial charge is 0.376 e. The van der Waals surface area contributed by atoms with E-state index in [4.69, 9.17) is 4.74 Å². The first-order chi connectivity index (χ1) is 8.01. The summed E-state index contributed by atoms with van der Waals surface area (Å²) in [4.78, 5) is 22.9. The van der Waals surface area contributed by atoms with Crippen LogP contribution < -0.4 is 10.7 Å². The van der Waals surface area contributed by atoms with Crippen molar-refractivity contribution in [3.63, 3.8) is 0 Å². The number of nitrogens with zero attached hydrogens (tertiary/aromatic N) is 1. The number of hydrazone groups is 1. The zero-order valence-corrected chi connectivity index (χ0v) is 10.1. The van der Waals surface area contributed by atoms with Gasteiger partial charge in [0.05, 0.1) is 11.6 Å². The van der Waals surface area contributed by atoms with Gasteiger partial charge in [0.15, 0.2) is 0 Å². The Morgan fingerprint density at radius 3 is 2.88 bits per heavy atom. The second kappa shape index (κ2) is 4.44. The molecule has 2 N–H and O–H groups in total. The van der Waals surface area contributed by atoms with Gasteiger partial charge in [0.25, 0.3) is 5.91 Å². The quantitative estimate of drug-likeness (QED) is 0.708. The van der Waals surface area contributed by atoms with Crippen LogP contribution in [0.5, 0.6) is 0 Å². The van der Waals surface area contributed by atoms with Gasteiger partial charge in [-0.25, -0.2) is 5.43 Å². The molecule has 0 aromatic carbocycles. The lowest BCUT2D eigenvalue weighted by Gasteiger charge is -2.29. The van der Waals surface area contributed by atoms with Gasteiger partial charge < -0.3 is 10.1 Å². The standard InChI is InChI=1S/C11H17N3O3/c1-7-11(2,5-6-17-7)12-10(16)8-3-4-9(15)14-13-8/h7H,3-6H2,1-2H3,(H,12,16)(H,14,15). The van der Waals surface area contributed by atoms with Crippen LogP contribution in [-0.2, 0) is 14.3 Å². The number of nitrogens with one attached hydrogen (secondary N) is 2. The predicted octanol–water partition coefficient (Wildman–Crippen LogP) is -0.0639. The van der Waals surface area contributed by atoms with E-state index in [1.54, 1.807) is 0 Å². The molecular weight excluding hydrogens is 222 g/mol. The molecule has 2 aliphatic heterocycles. The fourth-order valence-electron chi connectivity index (χ4n) is 1.97. The summed E-state index contributed by atoms with van der Waals surface area (Å²) in [7, 11) is 0. The summed E-state index contributed by atoms with van der Waals surface area (Å²) in [5, 5.41) is 6.72. The lowest BCUT2D eigenvalue weighted by molar-refractivity contribution is -0.121. The Morgan fingerprint density at radius 2 is 2.35 bits per heavy atom. The second-order valence-electron chi connectivity index (χ2n) is 4.73. The molecule has 0 aromatic heterocycles. The maximum Gasteiger partial charge on any atom is 0.268 e. The van der Waals surface area contributed by atoms with Gasteiger partial charge in [-0.15, -0.1) is 0 Å². The molecule has 1 saturated heterocycles. The van der Waals surface area contributed by atoms with Crippen LogP contribution in [0.15, 0.2) is 5.10 Å². The first-order valence-corrected chi connectivity index (χ1v) is 5.81. The van der Waals surface area contributed by atoms with Crippen molar-refractivity contribution in [1.82, 2.24) is 10.7 Å². The predicted molar refractivity (Wildman–Crippen MR) is 61.4 cm³/mol. The van der Waals surface area contributed by atoms with E-state index in [0.717, 1.165) is 6.42 Å². The fraction of sp³-hybridized carbons (Fsp3) is 0.727. The Balaban J connectivity index is 2.00. The number of hydrogen-bond donors (Lipinski definition) is 2. The van der Waals surface area contributed by atoms with Crippen molar-refractivity contribution in [2.45, 2.75) is 44.8 Å². The molecule has 6 heteroatoms. The van der Waals surface area contributed by atoms with Crippen LogP contribution in [0.2, 0.25) is 0 Å². The Labute approximate surface area is 99.8 Å². The molecule has 0 radical (unpaired) electrons. The van der Waals surface area contributed by atoms with Crippen LogP contribution in [0.3, 0.4) is 0 Å². The zero-order chi connectivity index (χ0) is 12.5. The third-order valence-electron chi connectivity index (χ3n) is 3.45. The lowest BCUT2D eigenvalue weighted by atomic mass is 9.94. The molecule has 2 heterocycles. The van der Waals surface area contributed by atoms with E-state index in [2.05, 4.69) is 15.8 Å². The van der Waals surface area contributed by atoms with E-state index in [-0.39, 0.29) is 23.5 Å². The van der Waals surface area contributed by atoms with Gasteiger partial charge in [0.2, 0.25) is 5.91 Å². The third-order valence-corrected chi connectivity index (χ3v) is 3.45. The molecule has 0 saturated carbocycles. The summed E-state index contributed by atoms with van der Waals surface area (Å²) in [6.45, 7) is 4.56. The molecule has 6 nitrogen and oxygen atoms in total. The number of rotatable bonds is 2. The molecule has 1 fully saturated rings. The molecule has 2 aliphatic rings. The van der Waals surface area contributed by atoms with Gasteiger partial charge in [-0.1, -0.05) is 0 Å². The molecule has 2 unspecified atom stereocenters. The van der Waals surface area contributed by atoms with Crippen LogP contribution in [0.25, 0.3) is 0 Å². The van der Waals surface area contributed by atoms with Crippen molar-refractivity contribution < 1.29 is 14.3 Å². The molecule has 0 spiro atoms. The van der Waals surface area contributed by atoms with Crippen LogP contribution in [0, 0.1) is 0 Å². The van der Waals surface area contributed by atoms with E-state index in [0.29, 0.717) is 25.2 Å². The summed E-state index contributed by atoms with van der Waals surface area (Å²) in [6, 6.07) is 0. The molecule has 2 atom stereocenters. The molecule has 0 bridgehead atoms. The Kier molecular flexibility index (Phi) is 3.15. The highest BCUT2D eigenvalue weighted by atomic mass is 16.5. The van der Waals surface area contributed by atoms with Gasteiger partial charge >= 0.3 is 0 Å². The monoisotopic (exact) mass is 239 g/mol. The van der Waals surface area contributed by atoms with Gasteiger partial charge in [-0.2, -0.15) is 5.10 Å². The average Bonchev–Trinajstić information content (AvgIpc) is 2.60. The topological polar surface area (TPSA) is 79.8 Å². The molecule has 0 aromatic rings. The summed E-state index contributed by atoms with van der Waals surface area (Å²) >= 11 is 0. The molecule has 2 rings (SSSR count). The Bertz CT molecular complexity index is 380. The van der Waals surface area contributed by atoms with Gasteiger partial charge in [0, 0.05) is 19.4 Å². The highest BCUT2D eigenvalue weighted by Gasteiger charge is 2.39. The van der Waals surface area contributed by atoms with Crippen LogP contribution in [0.1, 0.15) is 33.1 Å². The first-order valence-electron chi connectivity index (χ1n) is 5.81. The average molecular weight is 239 g/mol. The van der Waals surface area contributed by atoms with E-state index in [1.165, 1.54) is 0 Å². The van der Waals surface area contributed by atoms with Gasteiger partial charge in [-0.05, 0) is 20.3 Å². The van der Waals surface area contributed by atoms with Gasteiger partial charge in [-0.3, -0.25) is 9.59 Å². The fourth-order valence-corrected chi connectivity index (χ4v) is 1.97.